The summed E-state index contributed by atoms with van der Waals surface area (Å²) < 4.78 is 5.63. The first-order valence-electron chi connectivity index (χ1n) is 8.28. The van der Waals surface area contributed by atoms with E-state index in [1.54, 1.807) is 0 Å². The fourth-order valence-corrected chi connectivity index (χ4v) is 3.19. The molecule has 1 saturated carbocycles. The second-order valence-corrected chi connectivity index (χ2v) is 6.75. The van der Waals surface area contributed by atoms with Gasteiger partial charge < -0.3 is 15.0 Å². The first kappa shape index (κ1) is 14.9. The SMILES string of the molecule is COC1CN(c2ccc(CNC3CC3)c(C)c2)CCC1C. The minimum atomic E-state index is 0.357. The van der Waals surface area contributed by atoms with Crippen molar-refractivity contribution in [3.05, 3.63) is 29.3 Å². The van der Waals surface area contributed by atoms with Gasteiger partial charge in [0.2, 0.25) is 0 Å². The highest BCUT2D eigenvalue weighted by molar-refractivity contribution is 5.51. The summed E-state index contributed by atoms with van der Waals surface area (Å²) in [4.78, 5) is 2.47. The number of ether oxygens (including phenoxy) is 1. The minimum Gasteiger partial charge on any atom is -0.379 e. The van der Waals surface area contributed by atoms with E-state index in [0.29, 0.717) is 12.0 Å². The Morgan fingerprint density at radius 3 is 2.76 bits per heavy atom. The summed E-state index contributed by atoms with van der Waals surface area (Å²) in [6, 6.07) is 7.68. The fraction of sp³-hybridized carbons (Fsp3) is 0.667. The van der Waals surface area contributed by atoms with Gasteiger partial charge in [-0.15, -0.1) is 0 Å². The van der Waals surface area contributed by atoms with Crippen LogP contribution in [0, 0.1) is 12.8 Å². The lowest BCUT2D eigenvalue weighted by Crippen LogP contribution is -2.43. The van der Waals surface area contributed by atoms with Gasteiger partial charge in [0, 0.05) is 38.5 Å². The summed E-state index contributed by atoms with van der Waals surface area (Å²) in [6.07, 6.45) is 4.27. The average Bonchev–Trinajstić information content (AvgIpc) is 3.31. The molecule has 1 heterocycles. The Morgan fingerprint density at radius 1 is 1.29 bits per heavy atom. The van der Waals surface area contributed by atoms with Crippen molar-refractivity contribution in [2.45, 2.75) is 51.8 Å². The lowest BCUT2D eigenvalue weighted by molar-refractivity contribution is 0.0498. The molecule has 0 spiro atoms. The van der Waals surface area contributed by atoms with Gasteiger partial charge >= 0.3 is 0 Å². The van der Waals surface area contributed by atoms with Gasteiger partial charge in [0.05, 0.1) is 6.10 Å². The van der Waals surface area contributed by atoms with E-state index in [1.165, 1.54) is 36.1 Å². The third-order valence-corrected chi connectivity index (χ3v) is 5.04. The topological polar surface area (TPSA) is 24.5 Å². The maximum absolute atomic E-state index is 5.63. The predicted molar refractivity (Wildman–Crippen MR) is 87.8 cm³/mol. The van der Waals surface area contributed by atoms with Crippen molar-refractivity contribution < 1.29 is 4.74 Å². The third kappa shape index (κ3) is 3.58. The molecule has 1 aliphatic carbocycles. The van der Waals surface area contributed by atoms with E-state index in [1.807, 2.05) is 7.11 Å². The molecule has 0 radical (unpaired) electrons. The highest BCUT2D eigenvalue weighted by atomic mass is 16.5. The summed E-state index contributed by atoms with van der Waals surface area (Å²) in [5, 5.41) is 3.60. The van der Waals surface area contributed by atoms with Gasteiger partial charge in [0.25, 0.3) is 0 Å². The molecule has 3 rings (SSSR count). The van der Waals surface area contributed by atoms with Crippen molar-refractivity contribution in [3.63, 3.8) is 0 Å². The second-order valence-electron chi connectivity index (χ2n) is 6.75. The Kier molecular flexibility index (Phi) is 4.51. The van der Waals surface area contributed by atoms with Crippen LogP contribution in [-0.2, 0) is 11.3 Å². The van der Waals surface area contributed by atoms with E-state index in [9.17, 15) is 0 Å². The smallest absolute Gasteiger partial charge is 0.0772 e. The van der Waals surface area contributed by atoms with E-state index in [2.05, 4.69) is 42.3 Å². The van der Waals surface area contributed by atoms with E-state index in [4.69, 9.17) is 4.74 Å². The zero-order chi connectivity index (χ0) is 14.8. The molecule has 2 unspecified atom stereocenters. The number of piperidine rings is 1. The van der Waals surface area contributed by atoms with Crippen LogP contribution in [0.4, 0.5) is 5.69 Å². The maximum atomic E-state index is 5.63. The molecule has 2 aliphatic rings. The van der Waals surface area contributed by atoms with Crippen LogP contribution in [0.25, 0.3) is 0 Å². The first-order chi connectivity index (χ1) is 10.2. The van der Waals surface area contributed by atoms with Crippen LogP contribution in [0.5, 0.6) is 0 Å². The molecule has 0 bridgehead atoms. The van der Waals surface area contributed by atoms with Crippen molar-refractivity contribution >= 4 is 5.69 Å². The van der Waals surface area contributed by atoms with Gasteiger partial charge in [-0.3, -0.25) is 0 Å². The van der Waals surface area contributed by atoms with Crippen molar-refractivity contribution in [2.75, 3.05) is 25.1 Å². The van der Waals surface area contributed by atoms with E-state index >= 15 is 0 Å². The zero-order valence-corrected chi connectivity index (χ0v) is 13.6. The summed E-state index contributed by atoms with van der Waals surface area (Å²) in [5.74, 6) is 0.661. The number of anilines is 1. The molecule has 2 atom stereocenters. The van der Waals surface area contributed by atoms with E-state index in [0.717, 1.165) is 25.7 Å². The summed E-state index contributed by atoms with van der Waals surface area (Å²) >= 11 is 0. The van der Waals surface area contributed by atoms with Crippen molar-refractivity contribution in [3.8, 4) is 0 Å². The Hall–Kier alpha value is -1.06. The van der Waals surface area contributed by atoms with Gasteiger partial charge in [0.15, 0.2) is 0 Å². The molecule has 116 valence electrons. The van der Waals surface area contributed by atoms with Crippen LogP contribution < -0.4 is 10.2 Å². The number of aryl methyl sites for hydroxylation is 1. The molecule has 1 saturated heterocycles. The molecule has 0 amide bonds. The molecule has 2 fully saturated rings. The van der Waals surface area contributed by atoms with Gasteiger partial charge in [-0.1, -0.05) is 13.0 Å². The van der Waals surface area contributed by atoms with E-state index < -0.39 is 0 Å². The Labute approximate surface area is 128 Å². The van der Waals surface area contributed by atoms with Gasteiger partial charge in [-0.25, -0.2) is 0 Å². The predicted octanol–water partition coefficient (Wildman–Crippen LogP) is 3.11. The maximum Gasteiger partial charge on any atom is 0.0772 e. The molecule has 21 heavy (non-hydrogen) atoms. The van der Waals surface area contributed by atoms with Crippen LogP contribution in [0.3, 0.4) is 0 Å². The molecular weight excluding hydrogens is 260 g/mol. The van der Waals surface area contributed by atoms with Gasteiger partial charge in [-0.2, -0.15) is 0 Å². The molecule has 1 aromatic carbocycles. The Bertz CT molecular complexity index is 484. The highest BCUT2D eigenvalue weighted by Crippen LogP contribution is 2.27. The van der Waals surface area contributed by atoms with Crippen molar-refractivity contribution in [2.24, 2.45) is 5.92 Å². The molecule has 3 nitrogen and oxygen atoms in total. The number of hydrogen-bond acceptors (Lipinski definition) is 3. The minimum absolute atomic E-state index is 0.357. The number of benzene rings is 1. The molecule has 1 N–H and O–H groups in total. The average molecular weight is 288 g/mol. The molecule has 1 aliphatic heterocycles. The van der Waals surface area contributed by atoms with Crippen LogP contribution in [0.2, 0.25) is 0 Å². The Morgan fingerprint density at radius 2 is 2.10 bits per heavy atom. The van der Waals surface area contributed by atoms with Gasteiger partial charge in [-0.05, 0) is 55.4 Å². The zero-order valence-electron chi connectivity index (χ0n) is 13.6. The van der Waals surface area contributed by atoms with Crippen LogP contribution >= 0.6 is 0 Å². The molecular formula is C18H28N2O. The lowest BCUT2D eigenvalue weighted by Gasteiger charge is -2.37. The first-order valence-corrected chi connectivity index (χ1v) is 8.28. The second kappa shape index (κ2) is 6.37. The van der Waals surface area contributed by atoms with Gasteiger partial charge in [0.1, 0.15) is 0 Å². The fourth-order valence-electron chi connectivity index (χ4n) is 3.19. The molecule has 1 aromatic rings. The summed E-state index contributed by atoms with van der Waals surface area (Å²) in [6.45, 7) is 7.68. The number of methoxy groups -OCH3 is 1. The normalized spacial score (nSPS) is 26.1. The number of hydrogen-bond donors (Lipinski definition) is 1. The largest absolute Gasteiger partial charge is 0.379 e. The summed E-state index contributed by atoms with van der Waals surface area (Å²) in [7, 11) is 1.84. The molecule has 0 aromatic heterocycles. The highest BCUT2D eigenvalue weighted by Gasteiger charge is 2.26. The summed E-state index contributed by atoms with van der Waals surface area (Å²) in [5.41, 5.74) is 4.17. The van der Waals surface area contributed by atoms with E-state index in [-0.39, 0.29) is 0 Å². The quantitative estimate of drug-likeness (QED) is 0.901. The number of nitrogens with one attached hydrogen (secondary N) is 1. The number of nitrogens with zero attached hydrogens (tertiary/aromatic N) is 1. The Balaban J connectivity index is 1.66. The molecule has 3 heteroatoms. The standard InChI is InChI=1S/C18H28N2O/c1-13-8-9-20(12-18(13)21-3)17-7-4-15(14(2)10-17)11-19-16-5-6-16/h4,7,10,13,16,18-19H,5-6,8-9,11-12H2,1-3H3. The van der Waals surface area contributed by atoms with Crippen LogP contribution in [-0.4, -0.2) is 32.3 Å². The van der Waals surface area contributed by atoms with Crippen molar-refractivity contribution in [1.82, 2.24) is 5.32 Å². The van der Waals surface area contributed by atoms with Crippen LogP contribution in [0.15, 0.2) is 18.2 Å². The third-order valence-electron chi connectivity index (χ3n) is 5.04. The lowest BCUT2D eigenvalue weighted by atomic mass is 9.95. The monoisotopic (exact) mass is 288 g/mol. The van der Waals surface area contributed by atoms with Crippen LogP contribution in [0.1, 0.15) is 37.3 Å². The number of rotatable bonds is 5. The van der Waals surface area contributed by atoms with Crippen molar-refractivity contribution in [1.29, 1.82) is 0 Å².